The van der Waals surface area contributed by atoms with Gasteiger partial charge in [-0.15, -0.1) is 0 Å². The van der Waals surface area contributed by atoms with Crippen molar-refractivity contribution in [1.29, 1.82) is 0 Å². The smallest absolute Gasteiger partial charge is 0.310 e. The lowest BCUT2D eigenvalue weighted by Gasteiger charge is -2.19. The Labute approximate surface area is 118 Å². The van der Waals surface area contributed by atoms with E-state index in [0.29, 0.717) is 5.75 Å². The number of rotatable bonds is 3. The molecule has 1 heterocycles. The summed E-state index contributed by atoms with van der Waals surface area (Å²) in [5.74, 6) is 0.432. The van der Waals surface area contributed by atoms with Crippen LogP contribution in [0.25, 0.3) is 10.9 Å². The van der Waals surface area contributed by atoms with Crippen LogP contribution in [0.5, 0.6) is 5.75 Å². The van der Waals surface area contributed by atoms with Crippen LogP contribution in [0.3, 0.4) is 0 Å². The fraction of sp³-hybridized carbons (Fsp3) is 0.375. The lowest BCUT2D eigenvalue weighted by Crippen LogP contribution is -2.24. The van der Waals surface area contributed by atoms with Crippen LogP contribution in [-0.4, -0.2) is 23.7 Å². The molecule has 4 nitrogen and oxygen atoms in total. The quantitative estimate of drug-likeness (QED) is 0.806. The van der Waals surface area contributed by atoms with Crippen molar-refractivity contribution in [2.24, 2.45) is 0 Å². The van der Waals surface area contributed by atoms with Crippen LogP contribution < -0.4 is 4.74 Å². The van der Waals surface area contributed by atoms with E-state index in [9.17, 15) is 4.79 Å². The average molecular weight is 273 g/mol. The minimum Gasteiger partial charge on any atom is -0.495 e. The number of ether oxygens (including phenoxy) is 2. The highest BCUT2D eigenvalue weighted by Crippen LogP contribution is 2.23. The molecule has 1 aromatic heterocycles. The van der Waals surface area contributed by atoms with E-state index in [1.54, 1.807) is 13.3 Å². The van der Waals surface area contributed by atoms with Gasteiger partial charge >= 0.3 is 5.97 Å². The molecular weight excluding hydrogens is 254 g/mol. The second-order valence-corrected chi connectivity index (χ2v) is 5.62. The third-order valence-corrected chi connectivity index (χ3v) is 2.78. The Morgan fingerprint density at radius 3 is 2.70 bits per heavy atom. The second-order valence-electron chi connectivity index (χ2n) is 5.62. The minimum absolute atomic E-state index is 0.226. The molecule has 0 N–H and O–H groups in total. The molecule has 0 aliphatic carbocycles. The molecule has 0 spiro atoms. The molecule has 0 saturated heterocycles. The van der Waals surface area contributed by atoms with Crippen molar-refractivity contribution in [2.75, 3.05) is 7.11 Å². The highest BCUT2D eigenvalue weighted by atomic mass is 16.6. The zero-order chi connectivity index (χ0) is 14.8. The Kier molecular flexibility index (Phi) is 3.93. The monoisotopic (exact) mass is 273 g/mol. The molecule has 0 unspecified atom stereocenters. The first-order valence-electron chi connectivity index (χ1n) is 6.52. The largest absolute Gasteiger partial charge is 0.495 e. The average Bonchev–Trinajstić information content (AvgIpc) is 2.36. The van der Waals surface area contributed by atoms with E-state index in [0.717, 1.165) is 16.5 Å². The van der Waals surface area contributed by atoms with Crippen LogP contribution in [0.1, 0.15) is 26.3 Å². The van der Waals surface area contributed by atoms with Crippen molar-refractivity contribution >= 4 is 16.9 Å². The van der Waals surface area contributed by atoms with Gasteiger partial charge in [-0.1, -0.05) is 12.1 Å². The van der Waals surface area contributed by atoms with Gasteiger partial charge in [-0.05, 0) is 38.5 Å². The van der Waals surface area contributed by atoms with E-state index in [-0.39, 0.29) is 12.4 Å². The first kappa shape index (κ1) is 14.3. The summed E-state index contributed by atoms with van der Waals surface area (Å²) < 4.78 is 10.5. The molecule has 106 valence electrons. The highest BCUT2D eigenvalue weighted by molar-refractivity contribution is 5.87. The summed E-state index contributed by atoms with van der Waals surface area (Å²) in [6.45, 7) is 5.58. The summed E-state index contributed by atoms with van der Waals surface area (Å²) in [7, 11) is 1.60. The molecule has 0 bridgehead atoms. The lowest BCUT2D eigenvalue weighted by atomic mass is 10.1. The van der Waals surface area contributed by atoms with Gasteiger partial charge < -0.3 is 9.47 Å². The summed E-state index contributed by atoms with van der Waals surface area (Å²) in [6.07, 6.45) is 1.89. The van der Waals surface area contributed by atoms with Crippen LogP contribution in [0, 0.1) is 0 Å². The van der Waals surface area contributed by atoms with Crippen LogP contribution in [0.2, 0.25) is 0 Å². The number of hydrogen-bond acceptors (Lipinski definition) is 4. The normalized spacial score (nSPS) is 11.4. The summed E-state index contributed by atoms with van der Waals surface area (Å²) in [5.41, 5.74) is 1.26. The predicted octanol–water partition coefficient (Wildman–Crippen LogP) is 3.13. The zero-order valence-corrected chi connectivity index (χ0v) is 12.3. The predicted molar refractivity (Wildman–Crippen MR) is 77.8 cm³/mol. The van der Waals surface area contributed by atoms with Crippen LogP contribution in [0.15, 0.2) is 30.5 Å². The van der Waals surface area contributed by atoms with Gasteiger partial charge in [0.05, 0.1) is 25.2 Å². The molecule has 4 heteroatoms. The third-order valence-electron chi connectivity index (χ3n) is 2.78. The Balaban J connectivity index is 2.32. The molecular formula is C16H19NO3. The molecule has 2 aromatic rings. The van der Waals surface area contributed by atoms with Crippen molar-refractivity contribution in [3.63, 3.8) is 0 Å². The third kappa shape index (κ3) is 3.47. The van der Waals surface area contributed by atoms with E-state index in [4.69, 9.17) is 9.47 Å². The summed E-state index contributed by atoms with van der Waals surface area (Å²) >= 11 is 0. The maximum absolute atomic E-state index is 12.0. The number of aromatic nitrogens is 1. The number of hydrogen-bond donors (Lipinski definition) is 0. The summed E-state index contributed by atoms with van der Waals surface area (Å²) in [4.78, 5) is 16.3. The SMILES string of the molecule is COc1cnc2cccc(CC(=O)OC(C)(C)C)c2c1. The Hall–Kier alpha value is -2.10. The van der Waals surface area contributed by atoms with Gasteiger partial charge in [-0.25, -0.2) is 0 Å². The van der Waals surface area contributed by atoms with Gasteiger partial charge in [-0.2, -0.15) is 0 Å². The molecule has 0 atom stereocenters. The van der Waals surface area contributed by atoms with Crippen molar-refractivity contribution in [2.45, 2.75) is 32.8 Å². The van der Waals surface area contributed by atoms with E-state index >= 15 is 0 Å². The number of carbonyl (C=O) groups is 1. The molecule has 0 amide bonds. The van der Waals surface area contributed by atoms with Gasteiger partial charge in [0, 0.05) is 5.39 Å². The highest BCUT2D eigenvalue weighted by Gasteiger charge is 2.17. The topological polar surface area (TPSA) is 48.4 Å². The Morgan fingerprint density at radius 2 is 2.05 bits per heavy atom. The molecule has 0 aliphatic heterocycles. The van der Waals surface area contributed by atoms with Crippen molar-refractivity contribution in [1.82, 2.24) is 4.98 Å². The number of fused-ring (bicyclic) bond motifs is 1. The number of nitrogens with zero attached hydrogens (tertiary/aromatic N) is 1. The Bertz CT molecular complexity index is 629. The number of esters is 1. The summed E-state index contributed by atoms with van der Waals surface area (Å²) in [5, 5.41) is 0.915. The van der Waals surface area contributed by atoms with E-state index in [1.165, 1.54) is 0 Å². The minimum atomic E-state index is -0.475. The molecule has 0 saturated carbocycles. The number of carbonyl (C=O) groups excluding carboxylic acids is 1. The zero-order valence-electron chi connectivity index (χ0n) is 12.3. The van der Waals surface area contributed by atoms with Crippen molar-refractivity contribution in [3.8, 4) is 5.75 Å². The lowest BCUT2D eigenvalue weighted by molar-refractivity contribution is -0.153. The molecule has 20 heavy (non-hydrogen) atoms. The first-order chi connectivity index (χ1) is 9.39. The number of methoxy groups -OCH3 is 1. The van der Waals surface area contributed by atoms with Crippen LogP contribution in [-0.2, 0) is 16.0 Å². The fourth-order valence-electron chi connectivity index (χ4n) is 1.99. The maximum atomic E-state index is 12.0. The van der Waals surface area contributed by atoms with Gasteiger partial charge in [0.25, 0.3) is 0 Å². The van der Waals surface area contributed by atoms with E-state index in [2.05, 4.69) is 4.98 Å². The van der Waals surface area contributed by atoms with Gasteiger partial charge in [0.1, 0.15) is 11.4 Å². The number of benzene rings is 1. The standard InChI is InChI=1S/C16H19NO3/c1-16(2,3)20-15(18)8-11-6-5-7-14-13(11)9-12(19-4)10-17-14/h5-7,9-10H,8H2,1-4H3. The van der Waals surface area contributed by atoms with Crippen LogP contribution >= 0.6 is 0 Å². The van der Waals surface area contributed by atoms with E-state index < -0.39 is 5.60 Å². The fourth-order valence-corrected chi connectivity index (χ4v) is 1.99. The molecule has 0 fully saturated rings. The van der Waals surface area contributed by atoms with Crippen LogP contribution in [0.4, 0.5) is 0 Å². The Morgan fingerprint density at radius 1 is 1.30 bits per heavy atom. The molecule has 2 rings (SSSR count). The molecule has 0 aliphatic rings. The van der Waals surface area contributed by atoms with Gasteiger partial charge in [0.2, 0.25) is 0 Å². The van der Waals surface area contributed by atoms with Gasteiger partial charge in [-0.3, -0.25) is 9.78 Å². The van der Waals surface area contributed by atoms with Gasteiger partial charge in [0.15, 0.2) is 0 Å². The van der Waals surface area contributed by atoms with Crippen molar-refractivity contribution in [3.05, 3.63) is 36.0 Å². The van der Waals surface area contributed by atoms with Crippen molar-refractivity contribution < 1.29 is 14.3 Å². The second kappa shape index (κ2) is 5.49. The summed E-state index contributed by atoms with van der Waals surface area (Å²) in [6, 6.07) is 7.60. The van der Waals surface area contributed by atoms with E-state index in [1.807, 2.05) is 45.0 Å². The first-order valence-corrected chi connectivity index (χ1v) is 6.52. The molecule has 1 aromatic carbocycles. The molecule has 0 radical (unpaired) electrons. The maximum Gasteiger partial charge on any atom is 0.310 e. The number of pyridine rings is 1.